The lowest BCUT2D eigenvalue weighted by atomic mass is 9.93. The molecule has 2 heterocycles. The standard InChI is InChI=1S/C24H26N2O5/c1-16(27)25-11-9-18(10-12-25)23(28)26-14-20-8-7-19(24(29)30)13-22(20)31-15-21(26)17-5-3-2-4-6-17/h2-8,13,18,21H,9-12,14-15H2,1H3,(H,29,30). The molecule has 0 aromatic heterocycles. The van der Waals surface area contributed by atoms with Gasteiger partial charge in [0.05, 0.1) is 18.2 Å². The number of piperidine rings is 1. The van der Waals surface area contributed by atoms with Gasteiger partial charge in [-0.25, -0.2) is 4.79 Å². The molecule has 1 unspecified atom stereocenters. The fourth-order valence-electron chi connectivity index (χ4n) is 4.36. The van der Waals surface area contributed by atoms with Gasteiger partial charge in [-0.15, -0.1) is 0 Å². The van der Waals surface area contributed by atoms with Crippen molar-refractivity contribution in [3.63, 3.8) is 0 Å². The summed E-state index contributed by atoms with van der Waals surface area (Å²) in [5.74, 6) is -0.570. The van der Waals surface area contributed by atoms with Crippen molar-refractivity contribution in [2.24, 2.45) is 5.92 Å². The molecule has 2 aromatic carbocycles. The van der Waals surface area contributed by atoms with Crippen molar-refractivity contribution >= 4 is 17.8 Å². The van der Waals surface area contributed by atoms with E-state index in [1.165, 1.54) is 6.07 Å². The molecule has 0 bridgehead atoms. The Morgan fingerprint density at radius 3 is 2.39 bits per heavy atom. The number of carboxylic acid groups (broad SMARTS) is 1. The van der Waals surface area contributed by atoms with E-state index in [0.29, 0.717) is 38.2 Å². The number of likely N-dealkylation sites (tertiary alicyclic amines) is 1. The Labute approximate surface area is 181 Å². The highest BCUT2D eigenvalue weighted by Gasteiger charge is 2.35. The first-order chi connectivity index (χ1) is 14.9. The molecule has 0 saturated carbocycles. The van der Waals surface area contributed by atoms with Crippen LogP contribution in [-0.4, -0.2) is 52.4 Å². The molecule has 7 heteroatoms. The first-order valence-electron chi connectivity index (χ1n) is 10.5. The zero-order valence-corrected chi connectivity index (χ0v) is 17.5. The van der Waals surface area contributed by atoms with Gasteiger partial charge >= 0.3 is 5.97 Å². The molecular formula is C24H26N2O5. The van der Waals surface area contributed by atoms with Crippen molar-refractivity contribution in [1.29, 1.82) is 0 Å². The molecule has 2 aliphatic heterocycles. The maximum absolute atomic E-state index is 13.6. The average molecular weight is 422 g/mol. The first kappa shape index (κ1) is 20.9. The van der Waals surface area contributed by atoms with E-state index in [0.717, 1.165) is 11.1 Å². The van der Waals surface area contributed by atoms with E-state index in [4.69, 9.17) is 4.74 Å². The van der Waals surface area contributed by atoms with Gasteiger partial charge in [-0.2, -0.15) is 0 Å². The van der Waals surface area contributed by atoms with Crippen molar-refractivity contribution in [2.75, 3.05) is 19.7 Å². The number of carbonyl (C=O) groups excluding carboxylic acids is 2. The number of aromatic carboxylic acids is 1. The van der Waals surface area contributed by atoms with Gasteiger partial charge < -0.3 is 19.6 Å². The second-order valence-electron chi connectivity index (χ2n) is 8.11. The first-order valence-corrected chi connectivity index (χ1v) is 10.5. The van der Waals surface area contributed by atoms with Crippen LogP contribution in [-0.2, 0) is 16.1 Å². The maximum atomic E-state index is 13.6. The zero-order valence-electron chi connectivity index (χ0n) is 17.5. The minimum absolute atomic E-state index is 0.0411. The van der Waals surface area contributed by atoms with E-state index in [2.05, 4.69) is 0 Å². The van der Waals surface area contributed by atoms with Crippen LogP contribution in [0.15, 0.2) is 48.5 Å². The predicted molar refractivity (Wildman–Crippen MR) is 114 cm³/mol. The fourth-order valence-corrected chi connectivity index (χ4v) is 4.36. The summed E-state index contributed by atoms with van der Waals surface area (Å²) < 4.78 is 6.01. The predicted octanol–water partition coefficient (Wildman–Crippen LogP) is 3.11. The molecule has 1 saturated heterocycles. The van der Waals surface area contributed by atoms with Gasteiger partial charge in [-0.1, -0.05) is 36.4 Å². The molecule has 1 atom stereocenters. The molecule has 0 aliphatic carbocycles. The summed E-state index contributed by atoms with van der Waals surface area (Å²) in [6.45, 7) is 3.33. The van der Waals surface area contributed by atoms with Gasteiger partial charge in [0.15, 0.2) is 0 Å². The van der Waals surface area contributed by atoms with E-state index < -0.39 is 5.97 Å². The van der Waals surface area contributed by atoms with Crippen LogP contribution >= 0.6 is 0 Å². The minimum atomic E-state index is -1.01. The van der Waals surface area contributed by atoms with Gasteiger partial charge in [0.25, 0.3) is 0 Å². The number of nitrogens with zero attached hydrogens (tertiary/aromatic N) is 2. The molecule has 0 spiro atoms. The molecule has 2 aliphatic rings. The molecule has 162 valence electrons. The van der Waals surface area contributed by atoms with Crippen molar-refractivity contribution in [3.8, 4) is 5.75 Å². The van der Waals surface area contributed by atoms with Crippen molar-refractivity contribution in [1.82, 2.24) is 9.80 Å². The third-order valence-corrected chi connectivity index (χ3v) is 6.18. The lowest BCUT2D eigenvalue weighted by Gasteiger charge is -2.36. The molecule has 0 radical (unpaired) electrons. The number of amides is 2. The van der Waals surface area contributed by atoms with Crippen LogP contribution < -0.4 is 4.74 Å². The number of hydrogen-bond donors (Lipinski definition) is 1. The lowest BCUT2D eigenvalue weighted by Crippen LogP contribution is -2.45. The fraction of sp³-hybridized carbons (Fsp3) is 0.375. The Bertz CT molecular complexity index is 983. The number of benzene rings is 2. The summed E-state index contributed by atoms with van der Waals surface area (Å²) in [5, 5.41) is 9.31. The number of rotatable bonds is 3. The Kier molecular flexibility index (Phi) is 5.93. The maximum Gasteiger partial charge on any atom is 0.335 e. The third-order valence-electron chi connectivity index (χ3n) is 6.18. The SMILES string of the molecule is CC(=O)N1CCC(C(=O)N2Cc3ccc(C(=O)O)cc3OCC2c2ccccc2)CC1. The summed E-state index contributed by atoms with van der Waals surface area (Å²) in [7, 11) is 0. The topological polar surface area (TPSA) is 87.2 Å². The molecule has 2 aromatic rings. The number of carbonyl (C=O) groups is 3. The quantitative estimate of drug-likeness (QED) is 0.821. The van der Waals surface area contributed by atoms with Gasteiger partial charge in [0.1, 0.15) is 12.4 Å². The minimum Gasteiger partial charge on any atom is -0.491 e. The summed E-state index contributed by atoms with van der Waals surface area (Å²) in [6, 6.07) is 14.3. The van der Waals surface area contributed by atoms with Crippen LogP contribution in [0.3, 0.4) is 0 Å². The van der Waals surface area contributed by atoms with E-state index in [1.807, 2.05) is 35.2 Å². The van der Waals surface area contributed by atoms with Crippen molar-refractivity contribution in [3.05, 3.63) is 65.2 Å². The van der Waals surface area contributed by atoms with Gasteiger partial charge in [-0.05, 0) is 30.5 Å². The van der Waals surface area contributed by atoms with Crippen LogP contribution in [0, 0.1) is 5.92 Å². The highest BCUT2D eigenvalue weighted by molar-refractivity contribution is 5.88. The second kappa shape index (κ2) is 8.79. The summed E-state index contributed by atoms with van der Waals surface area (Å²) in [5.41, 5.74) is 1.92. The molecule has 31 heavy (non-hydrogen) atoms. The van der Waals surface area contributed by atoms with Crippen LogP contribution in [0.2, 0.25) is 0 Å². The van der Waals surface area contributed by atoms with Crippen LogP contribution in [0.4, 0.5) is 0 Å². The second-order valence-corrected chi connectivity index (χ2v) is 8.11. The van der Waals surface area contributed by atoms with Gasteiger partial charge in [-0.3, -0.25) is 9.59 Å². The third kappa shape index (κ3) is 4.40. The largest absolute Gasteiger partial charge is 0.491 e. The smallest absolute Gasteiger partial charge is 0.335 e. The van der Waals surface area contributed by atoms with Crippen molar-refractivity contribution < 1.29 is 24.2 Å². The van der Waals surface area contributed by atoms with E-state index in [1.54, 1.807) is 24.0 Å². The Morgan fingerprint density at radius 2 is 1.74 bits per heavy atom. The van der Waals surface area contributed by atoms with Crippen LogP contribution in [0.25, 0.3) is 0 Å². The molecule has 1 N–H and O–H groups in total. The summed E-state index contributed by atoms with van der Waals surface area (Å²) in [4.78, 5) is 40.3. The van der Waals surface area contributed by atoms with Crippen LogP contribution in [0.1, 0.15) is 47.3 Å². The number of carboxylic acids is 1. The van der Waals surface area contributed by atoms with Crippen LogP contribution in [0.5, 0.6) is 5.75 Å². The highest BCUT2D eigenvalue weighted by Crippen LogP contribution is 2.34. The van der Waals surface area contributed by atoms with Gasteiger partial charge in [0.2, 0.25) is 11.8 Å². The van der Waals surface area contributed by atoms with E-state index >= 15 is 0 Å². The Hall–Kier alpha value is -3.35. The summed E-state index contributed by atoms with van der Waals surface area (Å²) in [6.07, 6.45) is 1.28. The molecular weight excluding hydrogens is 396 g/mol. The molecule has 2 amide bonds. The highest BCUT2D eigenvalue weighted by atomic mass is 16.5. The monoisotopic (exact) mass is 422 g/mol. The number of fused-ring (bicyclic) bond motifs is 1. The summed E-state index contributed by atoms with van der Waals surface area (Å²) >= 11 is 0. The normalized spacial score (nSPS) is 19.2. The molecule has 1 fully saturated rings. The van der Waals surface area contributed by atoms with Crippen molar-refractivity contribution in [2.45, 2.75) is 32.4 Å². The lowest BCUT2D eigenvalue weighted by molar-refractivity contribution is -0.143. The van der Waals surface area contributed by atoms with E-state index in [9.17, 15) is 19.5 Å². The number of hydrogen-bond acceptors (Lipinski definition) is 4. The van der Waals surface area contributed by atoms with Gasteiger partial charge in [0, 0.05) is 31.5 Å². The molecule has 4 rings (SSSR count). The Balaban J connectivity index is 1.63. The van der Waals surface area contributed by atoms with E-state index in [-0.39, 0.29) is 35.9 Å². The Morgan fingerprint density at radius 1 is 1.03 bits per heavy atom. The molecule has 7 nitrogen and oxygen atoms in total. The average Bonchev–Trinajstić information content (AvgIpc) is 2.98. The number of ether oxygens (including phenoxy) is 1. The zero-order chi connectivity index (χ0) is 22.0.